The Balaban J connectivity index is 2.19. The van der Waals surface area contributed by atoms with Crippen molar-refractivity contribution in [3.05, 3.63) is 53.0 Å². The number of hydrogen-bond acceptors (Lipinski definition) is 3. The third-order valence-corrected chi connectivity index (χ3v) is 2.62. The Hall–Kier alpha value is -2.23. The molecule has 0 radical (unpaired) electrons. The van der Waals surface area contributed by atoms with Crippen LogP contribution >= 0.6 is 0 Å². The number of carbonyl (C=O) groups excluding carboxylic acids is 1. The van der Waals surface area contributed by atoms with Crippen LogP contribution in [-0.2, 0) is 0 Å². The average molecular weight is 241 g/mol. The number of hydrogen-bond donors (Lipinski definition) is 1. The van der Waals surface area contributed by atoms with Gasteiger partial charge in [-0.3, -0.25) is 9.78 Å². The summed E-state index contributed by atoms with van der Waals surface area (Å²) in [6.45, 7) is 5.67. The molecule has 4 nitrogen and oxygen atoms in total. The summed E-state index contributed by atoms with van der Waals surface area (Å²) in [6.07, 6.45) is 1.72. The minimum Gasteiger partial charge on any atom is -0.307 e. The van der Waals surface area contributed by atoms with Gasteiger partial charge in [0.2, 0.25) is 0 Å². The highest BCUT2D eigenvalue weighted by Gasteiger charge is 2.10. The van der Waals surface area contributed by atoms with Crippen molar-refractivity contribution in [3.8, 4) is 0 Å². The van der Waals surface area contributed by atoms with Gasteiger partial charge in [0.15, 0.2) is 0 Å². The minimum absolute atomic E-state index is 0.184. The molecule has 2 aromatic heterocycles. The van der Waals surface area contributed by atoms with Crippen LogP contribution in [0.1, 0.15) is 27.3 Å². The van der Waals surface area contributed by atoms with E-state index in [1.807, 2.05) is 32.9 Å². The van der Waals surface area contributed by atoms with Crippen LogP contribution in [0.4, 0.5) is 5.82 Å². The first-order chi connectivity index (χ1) is 8.56. The molecule has 0 aliphatic rings. The first kappa shape index (κ1) is 12.2. The molecule has 0 spiro atoms. The maximum absolute atomic E-state index is 12.0. The fourth-order valence-electron chi connectivity index (χ4n) is 1.65. The molecule has 18 heavy (non-hydrogen) atoms. The quantitative estimate of drug-likeness (QED) is 0.879. The summed E-state index contributed by atoms with van der Waals surface area (Å²) in [4.78, 5) is 20.4. The molecular formula is C14H15N3O. The van der Waals surface area contributed by atoms with E-state index in [9.17, 15) is 4.79 Å². The van der Waals surface area contributed by atoms with Gasteiger partial charge in [0, 0.05) is 11.9 Å². The molecule has 0 aliphatic heterocycles. The zero-order chi connectivity index (χ0) is 13.1. The van der Waals surface area contributed by atoms with E-state index in [-0.39, 0.29) is 5.91 Å². The summed E-state index contributed by atoms with van der Waals surface area (Å²) < 4.78 is 0. The normalized spacial score (nSPS) is 10.2. The zero-order valence-electron chi connectivity index (χ0n) is 10.7. The van der Waals surface area contributed by atoms with Gasteiger partial charge in [-0.1, -0.05) is 6.07 Å². The van der Waals surface area contributed by atoms with Crippen molar-refractivity contribution in [1.29, 1.82) is 0 Å². The smallest absolute Gasteiger partial charge is 0.258 e. The molecule has 0 atom stereocenters. The van der Waals surface area contributed by atoms with Gasteiger partial charge in [-0.25, -0.2) is 4.98 Å². The van der Waals surface area contributed by atoms with E-state index >= 15 is 0 Å². The first-order valence-corrected chi connectivity index (χ1v) is 5.74. The van der Waals surface area contributed by atoms with Gasteiger partial charge in [0.1, 0.15) is 5.82 Å². The van der Waals surface area contributed by atoms with Crippen molar-refractivity contribution in [2.75, 3.05) is 5.32 Å². The van der Waals surface area contributed by atoms with Gasteiger partial charge < -0.3 is 5.32 Å². The van der Waals surface area contributed by atoms with Crippen LogP contribution in [0.5, 0.6) is 0 Å². The molecule has 2 heterocycles. The molecule has 0 aliphatic carbocycles. The van der Waals surface area contributed by atoms with Crippen molar-refractivity contribution in [2.24, 2.45) is 0 Å². The Morgan fingerprint density at radius 1 is 1.11 bits per heavy atom. The van der Waals surface area contributed by atoms with E-state index < -0.39 is 0 Å². The number of carbonyl (C=O) groups is 1. The molecule has 0 fully saturated rings. The number of nitrogens with zero attached hydrogens (tertiary/aromatic N) is 2. The average Bonchev–Trinajstić information content (AvgIpc) is 2.32. The summed E-state index contributed by atoms with van der Waals surface area (Å²) in [5, 5.41) is 2.76. The maximum atomic E-state index is 12.0. The van der Waals surface area contributed by atoms with Gasteiger partial charge in [-0.15, -0.1) is 0 Å². The number of nitrogens with one attached hydrogen (secondary N) is 1. The third kappa shape index (κ3) is 2.71. The van der Waals surface area contributed by atoms with E-state index in [0.29, 0.717) is 11.4 Å². The summed E-state index contributed by atoms with van der Waals surface area (Å²) in [7, 11) is 0. The van der Waals surface area contributed by atoms with Crippen molar-refractivity contribution in [1.82, 2.24) is 9.97 Å². The number of anilines is 1. The van der Waals surface area contributed by atoms with E-state index in [4.69, 9.17) is 0 Å². The molecule has 2 rings (SSSR count). The van der Waals surface area contributed by atoms with Crippen LogP contribution < -0.4 is 5.32 Å². The molecule has 4 heteroatoms. The molecule has 2 aromatic rings. The summed E-state index contributed by atoms with van der Waals surface area (Å²) in [5.74, 6) is 0.363. The molecule has 0 saturated heterocycles. The lowest BCUT2D eigenvalue weighted by molar-refractivity contribution is 0.102. The first-order valence-electron chi connectivity index (χ1n) is 5.74. The van der Waals surface area contributed by atoms with Crippen molar-refractivity contribution < 1.29 is 4.79 Å². The highest BCUT2D eigenvalue weighted by molar-refractivity contribution is 6.04. The topological polar surface area (TPSA) is 54.9 Å². The second-order valence-corrected chi connectivity index (χ2v) is 4.26. The van der Waals surface area contributed by atoms with E-state index in [1.54, 1.807) is 18.3 Å². The maximum Gasteiger partial charge on any atom is 0.258 e. The molecule has 1 amide bonds. The molecule has 92 valence electrons. The standard InChI is InChI=1S/C14H15N3O/c1-9-4-7-13(15-8-9)17-14(18)12-6-5-10(2)16-11(12)3/h4-8H,1-3H3,(H,15,17,18). The predicted octanol–water partition coefficient (Wildman–Crippen LogP) is 2.65. The lowest BCUT2D eigenvalue weighted by atomic mass is 10.1. The molecule has 0 bridgehead atoms. The Labute approximate surface area is 106 Å². The van der Waals surface area contributed by atoms with E-state index in [1.165, 1.54) is 0 Å². The van der Waals surface area contributed by atoms with Gasteiger partial charge in [0.25, 0.3) is 5.91 Å². The Morgan fingerprint density at radius 2 is 1.89 bits per heavy atom. The van der Waals surface area contributed by atoms with Crippen LogP contribution in [0, 0.1) is 20.8 Å². The molecule has 0 aromatic carbocycles. The Kier molecular flexibility index (Phi) is 3.37. The van der Waals surface area contributed by atoms with Gasteiger partial charge in [-0.05, 0) is 44.5 Å². The SMILES string of the molecule is Cc1ccc(NC(=O)c2ccc(C)nc2C)nc1. The summed E-state index contributed by atoms with van der Waals surface area (Å²) >= 11 is 0. The Morgan fingerprint density at radius 3 is 2.50 bits per heavy atom. The number of aromatic nitrogens is 2. The Bertz CT molecular complexity index is 576. The molecule has 0 unspecified atom stereocenters. The number of rotatable bonds is 2. The second kappa shape index (κ2) is 4.96. The largest absolute Gasteiger partial charge is 0.307 e. The fraction of sp³-hybridized carbons (Fsp3) is 0.214. The van der Waals surface area contributed by atoms with Crippen molar-refractivity contribution in [2.45, 2.75) is 20.8 Å². The fourth-order valence-corrected chi connectivity index (χ4v) is 1.65. The van der Waals surface area contributed by atoms with E-state index in [0.717, 1.165) is 17.0 Å². The highest BCUT2D eigenvalue weighted by Crippen LogP contribution is 2.10. The summed E-state index contributed by atoms with van der Waals surface area (Å²) in [5.41, 5.74) is 3.25. The van der Waals surface area contributed by atoms with Crippen LogP contribution in [0.25, 0.3) is 0 Å². The van der Waals surface area contributed by atoms with E-state index in [2.05, 4.69) is 15.3 Å². The lowest BCUT2D eigenvalue weighted by Gasteiger charge is -2.07. The van der Waals surface area contributed by atoms with Gasteiger partial charge in [0.05, 0.1) is 11.3 Å². The van der Waals surface area contributed by atoms with Gasteiger partial charge >= 0.3 is 0 Å². The van der Waals surface area contributed by atoms with Gasteiger partial charge in [-0.2, -0.15) is 0 Å². The highest BCUT2D eigenvalue weighted by atomic mass is 16.1. The number of amides is 1. The second-order valence-electron chi connectivity index (χ2n) is 4.26. The monoisotopic (exact) mass is 241 g/mol. The van der Waals surface area contributed by atoms with Crippen LogP contribution in [0.3, 0.4) is 0 Å². The number of pyridine rings is 2. The van der Waals surface area contributed by atoms with Crippen LogP contribution in [0.2, 0.25) is 0 Å². The van der Waals surface area contributed by atoms with Crippen LogP contribution in [-0.4, -0.2) is 15.9 Å². The third-order valence-electron chi connectivity index (χ3n) is 2.62. The lowest BCUT2D eigenvalue weighted by Crippen LogP contribution is -2.15. The minimum atomic E-state index is -0.184. The molecule has 1 N–H and O–H groups in total. The molecular weight excluding hydrogens is 226 g/mol. The number of aryl methyl sites for hydroxylation is 3. The van der Waals surface area contributed by atoms with Crippen molar-refractivity contribution >= 4 is 11.7 Å². The summed E-state index contributed by atoms with van der Waals surface area (Å²) in [6, 6.07) is 7.29. The zero-order valence-corrected chi connectivity index (χ0v) is 10.7. The molecule has 0 saturated carbocycles. The predicted molar refractivity (Wildman–Crippen MR) is 70.6 cm³/mol. The van der Waals surface area contributed by atoms with Crippen LogP contribution in [0.15, 0.2) is 30.5 Å². The van der Waals surface area contributed by atoms with Crippen molar-refractivity contribution in [3.63, 3.8) is 0 Å².